The molecule has 1 aromatic rings. The smallest absolute Gasteiger partial charge is 0.328 e. The van der Waals surface area contributed by atoms with Crippen LogP contribution in [-0.2, 0) is 19.1 Å². The highest BCUT2D eigenvalue weighted by Crippen LogP contribution is 2.05. The molecule has 0 saturated carbocycles. The fourth-order valence-corrected chi connectivity index (χ4v) is 1.53. The predicted molar refractivity (Wildman–Crippen MR) is 71.1 cm³/mol. The average molecular weight is 279 g/mol. The Morgan fingerprint density at radius 3 is 2.20 bits per heavy atom. The fourth-order valence-electron chi connectivity index (χ4n) is 1.53. The molecule has 0 heterocycles. The second kappa shape index (κ2) is 7.28. The van der Waals surface area contributed by atoms with Crippen molar-refractivity contribution in [3.63, 3.8) is 0 Å². The van der Waals surface area contributed by atoms with Crippen molar-refractivity contribution < 1.29 is 23.9 Å². The number of carbonyl (C=O) groups is 3. The van der Waals surface area contributed by atoms with Crippen LogP contribution in [0.4, 0.5) is 0 Å². The van der Waals surface area contributed by atoms with Crippen LogP contribution < -0.4 is 5.32 Å². The molecule has 1 N–H and O–H groups in total. The summed E-state index contributed by atoms with van der Waals surface area (Å²) >= 11 is 0. The van der Waals surface area contributed by atoms with E-state index in [1.165, 1.54) is 14.2 Å². The zero-order chi connectivity index (χ0) is 15.1. The number of nitrogens with one attached hydrogen (secondary N) is 1. The minimum absolute atomic E-state index is 0.277. The van der Waals surface area contributed by atoms with Gasteiger partial charge in [0.2, 0.25) is 0 Å². The van der Waals surface area contributed by atoms with E-state index in [0.29, 0.717) is 5.56 Å². The van der Waals surface area contributed by atoms with Crippen LogP contribution in [0.15, 0.2) is 24.3 Å². The molecule has 108 valence electrons. The van der Waals surface area contributed by atoms with Gasteiger partial charge in [0.05, 0.1) is 20.6 Å². The predicted octanol–water partition coefficient (Wildman–Crippen LogP) is 0.830. The summed E-state index contributed by atoms with van der Waals surface area (Å²) in [5, 5.41) is 2.45. The largest absolute Gasteiger partial charge is 0.469 e. The molecule has 1 atom stereocenters. The first kappa shape index (κ1) is 15.7. The maximum absolute atomic E-state index is 12.0. The van der Waals surface area contributed by atoms with Crippen molar-refractivity contribution in [2.45, 2.75) is 19.4 Å². The van der Waals surface area contributed by atoms with Gasteiger partial charge in [-0.25, -0.2) is 4.79 Å². The van der Waals surface area contributed by atoms with Gasteiger partial charge in [0.25, 0.3) is 5.91 Å². The molecule has 1 rings (SSSR count). The molecule has 0 spiro atoms. The average Bonchev–Trinajstić information content (AvgIpc) is 2.46. The van der Waals surface area contributed by atoms with Crippen LogP contribution in [-0.4, -0.2) is 38.1 Å². The first-order chi connectivity index (χ1) is 9.47. The maximum Gasteiger partial charge on any atom is 0.328 e. The maximum atomic E-state index is 12.0. The molecule has 0 radical (unpaired) electrons. The van der Waals surface area contributed by atoms with E-state index in [1.54, 1.807) is 24.3 Å². The van der Waals surface area contributed by atoms with Crippen molar-refractivity contribution >= 4 is 17.8 Å². The highest BCUT2D eigenvalue weighted by molar-refractivity contribution is 5.97. The third kappa shape index (κ3) is 4.38. The van der Waals surface area contributed by atoms with Crippen molar-refractivity contribution in [3.8, 4) is 0 Å². The Labute approximate surface area is 117 Å². The summed E-state index contributed by atoms with van der Waals surface area (Å²) in [4.78, 5) is 34.7. The Morgan fingerprint density at radius 2 is 1.70 bits per heavy atom. The monoisotopic (exact) mass is 279 g/mol. The number of carbonyl (C=O) groups excluding carboxylic acids is 3. The fraction of sp³-hybridized carbons (Fsp3) is 0.357. The summed E-state index contributed by atoms with van der Waals surface area (Å²) in [6.45, 7) is 1.90. The Balaban J connectivity index is 2.78. The minimum Gasteiger partial charge on any atom is -0.469 e. The van der Waals surface area contributed by atoms with Crippen LogP contribution >= 0.6 is 0 Å². The van der Waals surface area contributed by atoms with Gasteiger partial charge < -0.3 is 14.8 Å². The quantitative estimate of drug-likeness (QED) is 0.807. The van der Waals surface area contributed by atoms with Gasteiger partial charge in [-0.1, -0.05) is 17.7 Å². The van der Waals surface area contributed by atoms with Gasteiger partial charge >= 0.3 is 11.9 Å². The van der Waals surface area contributed by atoms with Gasteiger partial charge in [-0.15, -0.1) is 0 Å². The lowest BCUT2D eigenvalue weighted by Crippen LogP contribution is -2.43. The van der Waals surface area contributed by atoms with Crippen LogP contribution in [0.5, 0.6) is 0 Å². The van der Waals surface area contributed by atoms with Gasteiger partial charge in [-0.3, -0.25) is 9.59 Å². The van der Waals surface area contributed by atoms with E-state index in [9.17, 15) is 14.4 Å². The summed E-state index contributed by atoms with van der Waals surface area (Å²) in [5.41, 5.74) is 1.41. The van der Waals surface area contributed by atoms with Crippen molar-refractivity contribution in [2.24, 2.45) is 0 Å². The lowest BCUT2D eigenvalue weighted by Gasteiger charge is -2.15. The number of hydrogen-bond acceptors (Lipinski definition) is 5. The number of aryl methyl sites for hydroxylation is 1. The number of esters is 2. The Bertz CT molecular complexity index is 495. The molecule has 1 amide bonds. The summed E-state index contributed by atoms with van der Waals surface area (Å²) in [6, 6.07) is 5.76. The molecular weight excluding hydrogens is 262 g/mol. The SMILES string of the molecule is COC(=O)CC(NC(=O)c1ccc(C)cc1)C(=O)OC. The van der Waals surface area contributed by atoms with Crippen LogP contribution in [0.2, 0.25) is 0 Å². The summed E-state index contributed by atoms with van der Waals surface area (Å²) in [6.07, 6.45) is -0.277. The van der Waals surface area contributed by atoms with E-state index in [-0.39, 0.29) is 6.42 Å². The van der Waals surface area contributed by atoms with E-state index in [0.717, 1.165) is 5.56 Å². The van der Waals surface area contributed by atoms with Crippen molar-refractivity contribution in [3.05, 3.63) is 35.4 Å². The Kier molecular flexibility index (Phi) is 5.71. The van der Waals surface area contributed by atoms with Crippen molar-refractivity contribution in [1.29, 1.82) is 0 Å². The molecule has 1 aromatic carbocycles. The van der Waals surface area contributed by atoms with Crippen LogP contribution in [0.1, 0.15) is 22.3 Å². The highest BCUT2D eigenvalue weighted by atomic mass is 16.5. The third-order valence-corrected chi connectivity index (χ3v) is 2.70. The molecule has 6 nitrogen and oxygen atoms in total. The van der Waals surface area contributed by atoms with E-state index >= 15 is 0 Å². The zero-order valence-corrected chi connectivity index (χ0v) is 11.6. The number of benzene rings is 1. The molecule has 0 aromatic heterocycles. The van der Waals surface area contributed by atoms with Crippen LogP contribution in [0.25, 0.3) is 0 Å². The Morgan fingerprint density at radius 1 is 1.10 bits per heavy atom. The standard InChI is InChI=1S/C14H17NO5/c1-9-4-6-10(7-5-9)13(17)15-11(14(18)20-3)8-12(16)19-2/h4-7,11H,8H2,1-3H3,(H,15,17). The number of rotatable bonds is 5. The molecule has 20 heavy (non-hydrogen) atoms. The van der Waals surface area contributed by atoms with Gasteiger partial charge in [0.15, 0.2) is 0 Å². The van der Waals surface area contributed by atoms with E-state index in [2.05, 4.69) is 14.8 Å². The van der Waals surface area contributed by atoms with E-state index in [4.69, 9.17) is 0 Å². The highest BCUT2D eigenvalue weighted by Gasteiger charge is 2.25. The lowest BCUT2D eigenvalue weighted by molar-refractivity contribution is -0.149. The second-order valence-electron chi connectivity index (χ2n) is 4.20. The van der Waals surface area contributed by atoms with Gasteiger partial charge in [-0.2, -0.15) is 0 Å². The Hall–Kier alpha value is -2.37. The molecule has 1 unspecified atom stereocenters. The zero-order valence-electron chi connectivity index (χ0n) is 11.6. The van der Waals surface area contributed by atoms with Gasteiger partial charge in [-0.05, 0) is 19.1 Å². The van der Waals surface area contributed by atoms with Gasteiger partial charge in [0.1, 0.15) is 6.04 Å². The normalized spacial score (nSPS) is 11.3. The second-order valence-corrected chi connectivity index (χ2v) is 4.20. The molecule has 0 aliphatic heterocycles. The molecule has 0 saturated heterocycles. The summed E-state index contributed by atoms with van der Waals surface area (Å²) in [5.74, 6) is -1.76. The topological polar surface area (TPSA) is 81.7 Å². The van der Waals surface area contributed by atoms with Crippen molar-refractivity contribution in [1.82, 2.24) is 5.32 Å². The molecule has 0 fully saturated rings. The third-order valence-electron chi connectivity index (χ3n) is 2.70. The first-order valence-electron chi connectivity index (χ1n) is 6.00. The van der Waals surface area contributed by atoms with Crippen LogP contribution in [0, 0.1) is 6.92 Å². The van der Waals surface area contributed by atoms with E-state index in [1.807, 2.05) is 6.92 Å². The van der Waals surface area contributed by atoms with Crippen LogP contribution in [0.3, 0.4) is 0 Å². The molecular formula is C14H17NO5. The molecule has 0 aliphatic carbocycles. The van der Waals surface area contributed by atoms with Gasteiger partial charge in [0, 0.05) is 5.56 Å². The number of ether oxygens (including phenoxy) is 2. The minimum atomic E-state index is -1.07. The number of methoxy groups -OCH3 is 2. The first-order valence-corrected chi connectivity index (χ1v) is 6.00. The molecule has 0 aliphatic rings. The lowest BCUT2D eigenvalue weighted by atomic mass is 10.1. The van der Waals surface area contributed by atoms with E-state index < -0.39 is 23.9 Å². The van der Waals surface area contributed by atoms with Crippen molar-refractivity contribution in [2.75, 3.05) is 14.2 Å². The number of amides is 1. The summed E-state index contributed by atoms with van der Waals surface area (Å²) in [7, 11) is 2.39. The molecule has 0 bridgehead atoms. The molecule has 6 heteroatoms. The summed E-state index contributed by atoms with van der Waals surface area (Å²) < 4.78 is 9.03. The number of hydrogen-bond donors (Lipinski definition) is 1.